The summed E-state index contributed by atoms with van der Waals surface area (Å²) in [4.78, 5) is 12.0. The van der Waals surface area contributed by atoms with Gasteiger partial charge in [-0.3, -0.25) is 9.88 Å². The number of pyridine rings is 1. The lowest BCUT2D eigenvalue weighted by Crippen LogP contribution is -2.36. The molecular formula is C22H23IN6O. The smallest absolute Gasteiger partial charge is 0.165 e. The highest BCUT2D eigenvalue weighted by molar-refractivity contribution is 14.1. The normalized spacial score (nSPS) is 15.9. The molecule has 0 unspecified atom stereocenters. The molecule has 1 aromatic carbocycles. The number of fused-ring (bicyclic) bond motifs is 2. The average Bonchev–Trinajstić information content (AvgIpc) is 3.21. The predicted octanol–water partition coefficient (Wildman–Crippen LogP) is 3.74. The van der Waals surface area contributed by atoms with Crippen LogP contribution < -0.4 is 5.73 Å². The Hall–Kier alpha value is -2.30. The number of anilines is 1. The van der Waals surface area contributed by atoms with Gasteiger partial charge in [0.25, 0.3) is 0 Å². The van der Waals surface area contributed by atoms with Crippen molar-refractivity contribution >= 4 is 45.0 Å². The number of rotatable bonds is 4. The first-order valence-corrected chi connectivity index (χ1v) is 11.1. The molecule has 0 atom stereocenters. The van der Waals surface area contributed by atoms with Gasteiger partial charge in [-0.15, -0.1) is 0 Å². The van der Waals surface area contributed by atoms with Crippen molar-refractivity contribution in [3.63, 3.8) is 0 Å². The van der Waals surface area contributed by atoms with Crippen molar-refractivity contribution in [2.45, 2.75) is 25.5 Å². The Morgan fingerprint density at radius 2 is 2.00 bits per heavy atom. The lowest BCUT2D eigenvalue weighted by atomic mass is 10.1. The molecule has 1 aliphatic heterocycles. The number of para-hydroxylation sites is 1. The van der Waals surface area contributed by atoms with Crippen LogP contribution in [0.3, 0.4) is 0 Å². The highest BCUT2D eigenvalue weighted by atomic mass is 127. The van der Waals surface area contributed by atoms with Crippen molar-refractivity contribution in [3.8, 4) is 11.1 Å². The van der Waals surface area contributed by atoms with Gasteiger partial charge in [0.05, 0.1) is 27.1 Å². The van der Waals surface area contributed by atoms with E-state index in [-0.39, 0.29) is 0 Å². The number of halogens is 1. The molecule has 0 radical (unpaired) electrons. The number of methoxy groups -OCH3 is 1. The van der Waals surface area contributed by atoms with Crippen molar-refractivity contribution in [2.75, 3.05) is 25.9 Å². The minimum absolute atomic E-state index is 0.364. The molecule has 8 heteroatoms. The number of piperidine rings is 1. The highest BCUT2D eigenvalue weighted by Gasteiger charge is 2.22. The van der Waals surface area contributed by atoms with E-state index in [4.69, 9.17) is 15.5 Å². The van der Waals surface area contributed by atoms with E-state index in [1.165, 1.54) is 0 Å². The van der Waals surface area contributed by atoms with Crippen molar-refractivity contribution in [1.29, 1.82) is 0 Å². The number of hydrogen-bond acceptors (Lipinski definition) is 6. The Morgan fingerprint density at radius 1 is 1.20 bits per heavy atom. The number of nitrogen functional groups attached to an aromatic ring is 1. The van der Waals surface area contributed by atoms with Crippen LogP contribution >= 0.6 is 22.6 Å². The molecule has 1 saturated heterocycles. The molecule has 0 saturated carbocycles. The maximum Gasteiger partial charge on any atom is 0.165 e. The molecule has 2 N–H and O–H groups in total. The molecule has 0 aliphatic carbocycles. The third kappa shape index (κ3) is 3.52. The second-order valence-electron chi connectivity index (χ2n) is 7.68. The molecule has 3 aromatic heterocycles. The van der Waals surface area contributed by atoms with E-state index in [0.717, 1.165) is 69.4 Å². The van der Waals surface area contributed by atoms with Gasteiger partial charge in [0.15, 0.2) is 5.65 Å². The SMILES string of the molecule is COC1CCN(Cc2nc3c(-c4cnc5ccccc5c4)cnn3c(N)c2I)CC1. The number of nitrogens with two attached hydrogens (primary N) is 1. The Labute approximate surface area is 188 Å². The number of ether oxygens (including phenoxy) is 1. The van der Waals surface area contributed by atoms with E-state index in [2.05, 4.69) is 49.7 Å². The molecule has 30 heavy (non-hydrogen) atoms. The first-order valence-electron chi connectivity index (χ1n) is 10.1. The molecule has 0 bridgehead atoms. The fourth-order valence-corrected chi connectivity index (χ4v) is 4.60. The molecule has 0 spiro atoms. The summed E-state index contributed by atoms with van der Waals surface area (Å²) < 4.78 is 8.18. The standard InChI is InChI=1S/C22H23IN6O/c1-30-16-6-8-28(9-7-16)13-19-20(23)21(24)29-22(27-19)17(12-26-29)15-10-14-4-2-3-5-18(14)25-11-15/h2-5,10-12,16H,6-9,13,24H2,1H3. The van der Waals surface area contributed by atoms with E-state index in [1.807, 2.05) is 30.6 Å². The van der Waals surface area contributed by atoms with E-state index >= 15 is 0 Å². The zero-order valence-electron chi connectivity index (χ0n) is 16.8. The summed E-state index contributed by atoms with van der Waals surface area (Å²) >= 11 is 2.28. The van der Waals surface area contributed by atoms with E-state index < -0.39 is 0 Å². The van der Waals surface area contributed by atoms with Crippen molar-refractivity contribution in [1.82, 2.24) is 24.5 Å². The molecule has 5 rings (SSSR count). The summed E-state index contributed by atoms with van der Waals surface area (Å²) in [6, 6.07) is 10.2. The van der Waals surface area contributed by atoms with Gasteiger partial charge in [-0.2, -0.15) is 9.61 Å². The summed E-state index contributed by atoms with van der Waals surface area (Å²) in [6.07, 6.45) is 6.16. The summed E-state index contributed by atoms with van der Waals surface area (Å²) in [7, 11) is 1.79. The zero-order valence-corrected chi connectivity index (χ0v) is 18.9. The number of likely N-dealkylation sites (tertiary alicyclic amines) is 1. The second-order valence-corrected chi connectivity index (χ2v) is 8.76. The fourth-order valence-electron chi connectivity index (χ4n) is 4.09. The lowest BCUT2D eigenvalue weighted by molar-refractivity contribution is 0.0384. The maximum absolute atomic E-state index is 6.45. The van der Waals surface area contributed by atoms with Crippen LogP contribution in [0, 0.1) is 3.57 Å². The lowest BCUT2D eigenvalue weighted by Gasteiger charge is -2.31. The van der Waals surface area contributed by atoms with Crippen LogP contribution in [0.4, 0.5) is 5.82 Å². The maximum atomic E-state index is 6.45. The van der Waals surface area contributed by atoms with Crippen LogP contribution in [0.15, 0.2) is 42.7 Å². The van der Waals surface area contributed by atoms with Crippen molar-refractivity contribution in [3.05, 3.63) is 52.0 Å². The summed E-state index contributed by atoms with van der Waals surface area (Å²) in [5.41, 5.74) is 11.1. The first kappa shape index (κ1) is 19.7. The van der Waals surface area contributed by atoms with Gasteiger partial charge < -0.3 is 10.5 Å². The van der Waals surface area contributed by atoms with E-state index in [1.54, 1.807) is 11.6 Å². The Kier molecular flexibility index (Phi) is 5.30. The Morgan fingerprint density at radius 3 is 2.80 bits per heavy atom. The molecule has 1 fully saturated rings. The van der Waals surface area contributed by atoms with Gasteiger partial charge in [0, 0.05) is 49.5 Å². The molecule has 0 amide bonds. The Balaban J connectivity index is 1.53. The van der Waals surface area contributed by atoms with Crippen LogP contribution in [0.25, 0.3) is 27.7 Å². The van der Waals surface area contributed by atoms with E-state index in [0.29, 0.717) is 11.9 Å². The number of nitrogens with zero attached hydrogens (tertiary/aromatic N) is 5. The van der Waals surface area contributed by atoms with Gasteiger partial charge in [-0.1, -0.05) is 18.2 Å². The van der Waals surface area contributed by atoms with Crippen LogP contribution in [0.2, 0.25) is 0 Å². The van der Waals surface area contributed by atoms with E-state index in [9.17, 15) is 0 Å². The minimum atomic E-state index is 0.364. The Bertz CT molecular complexity index is 1220. The van der Waals surface area contributed by atoms with Gasteiger partial charge >= 0.3 is 0 Å². The molecule has 4 heterocycles. The van der Waals surface area contributed by atoms with Gasteiger partial charge in [0.1, 0.15) is 5.82 Å². The molecule has 4 aromatic rings. The van der Waals surface area contributed by atoms with Gasteiger partial charge in [-0.25, -0.2) is 4.98 Å². The highest BCUT2D eigenvalue weighted by Crippen LogP contribution is 2.30. The van der Waals surface area contributed by atoms with Gasteiger partial charge in [0.2, 0.25) is 0 Å². The van der Waals surface area contributed by atoms with Gasteiger partial charge in [-0.05, 0) is 47.6 Å². The molecular weight excluding hydrogens is 491 g/mol. The topological polar surface area (TPSA) is 81.6 Å². The third-order valence-corrected chi connectivity index (χ3v) is 7.01. The molecule has 1 aliphatic rings. The van der Waals surface area contributed by atoms with Crippen LogP contribution in [0.1, 0.15) is 18.5 Å². The molecule has 154 valence electrons. The minimum Gasteiger partial charge on any atom is -0.383 e. The second kappa shape index (κ2) is 8.09. The summed E-state index contributed by atoms with van der Waals surface area (Å²) in [5.74, 6) is 0.627. The largest absolute Gasteiger partial charge is 0.383 e. The van der Waals surface area contributed by atoms with Crippen LogP contribution in [-0.4, -0.2) is 50.8 Å². The summed E-state index contributed by atoms with van der Waals surface area (Å²) in [6.45, 7) is 2.78. The number of benzene rings is 1. The van der Waals surface area contributed by atoms with Crippen LogP contribution in [-0.2, 0) is 11.3 Å². The molecule has 7 nitrogen and oxygen atoms in total. The zero-order chi connectivity index (χ0) is 20.7. The first-order chi connectivity index (χ1) is 14.6. The average molecular weight is 514 g/mol. The number of aromatic nitrogens is 4. The van der Waals surface area contributed by atoms with Crippen molar-refractivity contribution < 1.29 is 4.74 Å². The monoisotopic (exact) mass is 514 g/mol. The predicted molar refractivity (Wildman–Crippen MR) is 126 cm³/mol. The van der Waals surface area contributed by atoms with Crippen molar-refractivity contribution in [2.24, 2.45) is 0 Å². The fraction of sp³-hybridized carbons (Fsp3) is 0.318. The number of hydrogen-bond donors (Lipinski definition) is 1. The van der Waals surface area contributed by atoms with Crippen LogP contribution in [0.5, 0.6) is 0 Å². The quantitative estimate of drug-likeness (QED) is 0.418. The third-order valence-electron chi connectivity index (χ3n) is 5.83. The summed E-state index contributed by atoms with van der Waals surface area (Å²) in [5, 5.41) is 5.60.